The smallest absolute Gasteiger partial charge is 0.326 e. The maximum Gasteiger partial charge on any atom is 0.326 e. The molecule has 0 aromatic heterocycles. The van der Waals surface area contributed by atoms with Gasteiger partial charge in [0.05, 0.1) is 0 Å². The molecule has 0 aliphatic rings. The van der Waals surface area contributed by atoms with Crippen LogP contribution < -0.4 is 5.32 Å². The van der Waals surface area contributed by atoms with Gasteiger partial charge in [0.25, 0.3) is 0 Å². The van der Waals surface area contributed by atoms with Gasteiger partial charge in [0.1, 0.15) is 6.04 Å². The van der Waals surface area contributed by atoms with Crippen LogP contribution in [0.1, 0.15) is 26.7 Å². The predicted octanol–water partition coefficient (Wildman–Crippen LogP) is 0.354. The van der Waals surface area contributed by atoms with Crippen molar-refractivity contribution < 1.29 is 24.6 Å². The van der Waals surface area contributed by atoms with Crippen molar-refractivity contribution in [2.45, 2.75) is 38.8 Å². The number of urea groups is 1. The molecular formula is C10H18N2O5. The van der Waals surface area contributed by atoms with E-state index in [1.54, 1.807) is 13.8 Å². The van der Waals surface area contributed by atoms with Gasteiger partial charge in [0, 0.05) is 19.5 Å². The summed E-state index contributed by atoms with van der Waals surface area (Å²) < 4.78 is 0. The summed E-state index contributed by atoms with van der Waals surface area (Å²) in [6.45, 7) is 3.57. The number of amides is 2. The Morgan fingerprint density at radius 1 is 1.24 bits per heavy atom. The van der Waals surface area contributed by atoms with E-state index in [1.165, 1.54) is 11.9 Å². The van der Waals surface area contributed by atoms with Gasteiger partial charge in [-0.15, -0.1) is 0 Å². The lowest BCUT2D eigenvalue weighted by Crippen LogP contribution is -2.48. The lowest BCUT2D eigenvalue weighted by atomic mass is 10.1. The van der Waals surface area contributed by atoms with E-state index in [-0.39, 0.29) is 18.9 Å². The van der Waals surface area contributed by atoms with Crippen LogP contribution in [0.5, 0.6) is 0 Å². The summed E-state index contributed by atoms with van der Waals surface area (Å²) in [5, 5.41) is 19.6. The largest absolute Gasteiger partial charge is 0.481 e. The number of carboxylic acids is 2. The van der Waals surface area contributed by atoms with E-state index < -0.39 is 24.0 Å². The second-order valence-corrected chi connectivity index (χ2v) is 3.98. The molecule has 0 aliphatic carbocycles. The van der Waals surface area contributed by atoms with Crippen LogP contribution in [0, 0.1) is 0 Å². The average molecular weight is 246 g/mol. The molecule has 0 radical (unpaired) electrons. The fourth-order valence-electron chi connectivity index (χ4n) is 1.01. The summed E-state index contributed by atoms with van der Waals surface area (Å²) in [5.74, 6) is -2.33. The molecule has 7 heteroatoms. The summed E-state index contributed by atoms with van der Waals surface area (Å²) in [4.78, 5) is 34.0. The molecular weight excluding hydrogens is 228 g/mol. The van der Waals surface area contributed by atoms with Gasteiger partial charge >= 0.3 is 18.0 Å². The molecule has 0 saturated heterocycles. The molecule has 0 bridgehead atoms. The zero-order valence-electron chi connectivity index (χ0n) is 10.1. The molecule has 7 nitrogen and oxygen atoms in total. The highest BCUT2D eigenvalue weighted by Crippen LogP contribution is 2.01. The molecule has 0 spiro atoms. The first kappa shape index (κ1) is 15.2. The Bertz CT molecular complexity index is 303. The van der Waals surface area contributed by atoms with Gasteiger partial charge in [-0.05, 0) is 20.3 Å². The SMILES string of the molecule is CC(C)N(C)C(=O)N[C@@H](CCC(=O)O)C(=O)O. The van der Waals surface area contributed by atoms with E-state index in [4.69, 9.17) is 10.2 Å². The number of hydrogen-bond donors (Lipinski definition) is 3. The molecule has 0 aromatic carbocycles. The van der Waals surface area contributed by atoms with E-state index in [1.807, 2.05) is 0 Å². The van der Waals surface area contributed by atoms with Crippen molar-refractivity contribution in [2.75, 3.05) is 7.05 Å². The summed E-state index contributed by atoms with van der Waals surface area (Å²) in [6, 6.07) is -1.78. The number of carbonyl (C=O) groups excluding carboxylic acids is 1. The second kappa shape index (κ2) is 6.72. The van der Waals surface area contributed by atoms with Crippen LogP contribution in [0.4, 0.5) is 4.79 Å². The van der Waals surface area contributed by atoms with Crippen LogP contribution in [-0.4, -0.2) is 52.2 Å². The number of hydrogen-bond acceptors (Lipinski definition) is 3. The van der Waals surface area contributed by atoms with Crippen LogP contribution in [0.3, 0.4) is 0 Å². The summed E-state index contributed by atoms with van der Waals surface area (Å²) >= 11 is 0. The summed E-state index contributed by atoms with van der Waals surface area (Å²) in [5.41, 5.74) is 0. The highest BCUT2D eigenvalue weighted by Gasteiger charge is 2.23. The van der Waals surface area contributed by atoms with Crippen molar-refractivity contribution in [2.24, 2.45) is 0 Å². The van der Waals surface area contributed by atoms with Gasteiger partial charge in [0.15, 0.2) is 0 Å². The number of aliphatic carboxylic acids is 2. The number of nitrogens with zero attached hydrogens (tertiary/aromatic N) is 1. The Hall–Kier alpha value is -1.79. The maximum absolute atomic E-state index is 11.5. The van der Waals surface area contributed by atoms with Gasteiger partial charge < -0.3 is 20.4 Å². The summed E-state index contributed by atoms with van der Waals surface area (Å²) in [6.07, 6.45) is -0.440. The van der Waals surface area contributed by atoms with Crippen molar-refractivity contribution in [1.29, 1.82) is 0 Å². The highest BCUT2D eigenvalue weighted by atomic mass is 16.4. The molecule has 0 heterocycles. The van der Waals surface area contributed by atoms with Crippen molar-refractivity contribution in [3.8, 4) is 0 Å². The Labute approximate surface area is 99.4 Å². The Kier molecular flexibility index (Phi) is 6.01. The molecule has 0 unspecified atom stereocenters. The lowest BCUT2D eigenvalue weighted by Gasteiger charge is -2.24. The number of rotatable bonds is 6. The predicted molar refractivity (Wildman–Crippen MR) is 59.7 cm³/mol. The number of carboxylic acid groups (broad SMARTS) is 2. The van der Waals surface area contributed by atoms with Gasteiger partial charge in [-0.1, -0.05) is 0 Å². The van der Waals surface area contributed by atoms with Crippen molar-refractivity contribution in [3.05, 3.63) is 0 Å². The van der Waals surface area contributed by atoms with Gasteiger partial charge in [-0.25, -0.2) is 9.59 Å². The number of carbonyl (C=O) groups is 3. The van der Waals surface area contributed by atoms with Crippen molar-refractivity contribution in [3.63, 3.8) is 0 Å². The Morgan fingerprint density at radius 2 is 1.76 bits per heavy atom. The Morgan fingerprint density at radius 3 is 2.12 bits per heavy atom. The molecule has 0 rings (SSSR count). The van der Waals surface area contributed by atoms with E-state index in [0.717, 1.165) is 0 Å². The molecule has 17 heavy (non-hydrogen) atoms. The minimum absolute atomic E-state index is 0.0658. The van der Waals surface area contributed by atoms with Gasteiger partial charge in [0.2, 0.25) is 0 Å². The van der Waals surface area contributed by atoms with E-state index >= 15 is 0 Å². The normalized spacial score (nSPS) is 12.0. The fourth-order valence-corrected chi connectivity index (χ4v) is 1.01. The quantitative estimate of drug-likeness (QED) is 0.627. The molecule has 98 valence electrons. The molecule has 3 N–H and O–H groups in total. The standard InChI is InChI=1S/C10H18N2O5/c1-6(2)12(3)10(17)11-7(9(15)16)4-5-8(13)14/h6-7H,4-5H2,1-3H3,(H,11,17)(H,13,14)(H,15,16)/t7-/m0/s1. The van der Waals surface area contributed by atoms with Crippen molar-refractivity contribution in [1.82, 2.24) is 10.2 Å². The minimum Gasteiger partial charge on any atom is -0.481 e. The first-order chi connectivity index (χ1) is 7.75. The zero-order chi connectivity index (χ0) is 13.6. The zero-order valence-corrected chi connectivity index (χ0v) is 10.1. The van der Waals surface area contributed by atoms with Crippen LogP contribution >= 0.6 is 0 Å². The van der Waals surface area contributed by atoms with E-state index in [2.05, 4.69) is 5.32 Å². The van der Waals surface area contributed by atoms with Crippen molar-refractivity contribution >= 4 is 18.0 Å². The molecule has 2 amide bonds. The molecule has 0 aromatic rings. The maximum atomic E-state index is 11.5. The van der Waals surface area contributed by atoms with Crippen LogP contribution in [0.25, 0.3) is 0 Å². The van der Waals surface area contributed by atoms with Gasteiger partial charge in [-0.2, -0.15) is 0 Å². The van der Waals surface area contributed by atoms with Crippen LogP contribution in [0.15, 0.2) is 0 Å². The topological polar surface area (TPSA) is 107 Å². The second-order valence-electron chi connectivity index (χ2n) is 3.98. The third-order valence-corrected chi connectivity index (χ3v) is 2.34. The Balaban J connectivity index is 4.39. The van der Waals surface area contributed by atoms with E-state index in [9.17, 15) is 14.4 Å². The lowest BCUT2D eigenvalue weighted by molar-refractivity contribution is -0.140. The molecule has 1 atom stereocenters. The highest BCUT2D eigenvalue weighted by molar-refractivity contribution is 5.83. The van der Waals surface area contributed by atoms with Crippen LogP contribution in [-0.2, 0) is 9.59 Å². The third-order valence-electron chi connectivity index (χ3n) is 2.34. The fraction of sp³-hybridized carbons (Fsp3) is 0.700. The third kappa shape index (κ3) is 5.74. The van der Waals surface area contributed by atoms with E-state index in [0.29, 0.717) is 0 Å². The minimum atomic E-state index is -1.24. The number of nitrogens with one attached hydrogen (secondary N) is 1. The molecule has 0 aliphatic heterocycles. The first-order valence-corrected chi connectivity index (χ1v) is 5.23. The average Bonchev–Trinajstić information content (AvgIpc) is 2.21. The molecule has 0 fully saturated rings. The monoisotopic (exact) mass is 246 g/mol. The first-order valence-electron chi connectivity index (χ1n) is 5.23. The van der Waals surface area contributed by atoms with Gasteiger partial charge in [-0.3, -0.25) is 4.79 Å². The molecule has 0 saturated carbocycles. The summed E-state index contributed by atoms with van der Waals surface area (Å²) in [7, 11) is 1.54. The van der Waals surface area contributed by atoms with Crippen LogP contribution in [0.2, 0.25) is 0 Å².